The van der Waals surface area contributed by atoms with Crippen LogP contribution in [0.1, 0.15) is 20.3 Å². The molecule has 1 aromatic heterocycles. The van der Waals surface area contributed by atoms with Crippen molar-refractivity contribution in [1.29, 1.82) is 5.26 Å². The fraction of sp³-hybridized carbons (Fsp3) is 0.455. The third-order valence-corrected chi connectivity index (χ3v) is 3.42. The summed E-state index contributed by atoms with van der Waals surface area (Å²) in [6, 6.07) is 5.91. The molecule has 15 heavy (non-hydrogen) atoms. The average Bonchev–Trinajstić information content (AvgIpc) is 2.21. The number of nitrogens with zero attached hydrogens (tertiary/aromatic N) is 2. The second kappa shape index (κ2) is 5.39. The van der Waals surface area contributed by atoms with Crippen molar-refractivity contribution < 1.29 is 0 Å². The molecule has 0 aromatic carbocycles. The van der Waals surface area contributed by atoms with Gasteiger partial charge in [-0.1, -0.05) is 11.6 Å². The van der Waals surface area contributed by atoms with Crippen molar-refractivity contribution >= 4 is 23.4 Å². The van der Waals surface area contributed by atoms with Crippen LogP contribution in [0.4, 0.5) is 0 Å². The van der Waals surface area contributed by atoms with Gasteiger partial charge in [0.1, 0.15) is 5.03 Å². The van der Waals surface area contributed by atoms with Gasteiger partial charge in [-0.25, -0.2) is 4.98 Å². The molecule has 0 saturated carbocycles. The number of halogens is 1. The molecule has 0 aliphatic heterocycles. The second-order valence-corrected chi connectivity index (χ2v) is 5.38. The van der Waals surface area contributed by atoms with Gasteiger partial charge in [-0.3, -0.25) is 0 Å². The molecule has 80 valence electrons. The van der Waals surface area contributed by atoms with E-state index in [2.05, 4.69) is 11.1 Å². The third kappa shape index (κ3) is 4.11. The fourth-order valence-corrected chi connectivity index (χ4v) is 2.37. The van der Waals surface area contributed by atoms with Crippen LogP contribution in [0.2, 0.25) is 5.02 Å². The number of hydrogen-bond acceptors (Lipinski definition) is 3. The Balaban J connectivity index is 2.46. The van der Waals surface area contributed by atoms with Crippen molar-refractivity contribution in [3.8, 4) is 6.07 Å². The van der Waals surface area contributed by atoms with Gasteiger partial charge in [0.2, 0.25) is 0 Å². The first kappa shape index (κ1) is 12.4. The van der Waals surface area contributed by atoms with E-state index in [1.807, 2.05) is 26.0 Å². The Morgan fingerprint density at radius 2 is 2.33 bits per heavy atom. The molecule has 0 N–H and O–H groups in total. The predicted octanol–water partition coefficient (Wildman–Crippen LogP) is 3.77. The maximum atomic E-state index is 8.84. The molecule has 4 heteroatoms. The highest BCUT2D eigenvalue weighted by atomic mass is 35.5. The molecule has 0 radical (unpaired) electrons. The van der Waals surface area contributed by atoms with Crippen LogP contribution in [0.5, 0.6) is 0 Å². The van der Waals surface area contributed by atoms with Crippen molar-refractivity contribution in [2.24, 2.45) is 5.41 Å². The molecule has 0 unspecified atom stereocenters. The van der Waals surface area contributed by atoms with Crippen LogP contribution in [0.15, 0.2) is 23.4 Å². The summed E-state index contributed by atoms with van der Waals surface area (Å²) in [6.07, 6.45) is 2.56. The van der Waals surface area contributed by atoms with E-state index in [9.17, 15) is 0 Å². The molecular weight excluding hydrogens is 228 g/mol. The molecule has 0 atom stereocenters. The van der Waals surface area contributed by atoms with E-state index >= 15 is 0 Å². The van der Waals surface area contributed by atoms with E-state index in [-0.39, 0.29) is 5.41 Å². The summed E-state index contributed by atoms with van der Waals surface area (Å²) < 4.78 is 0. The smallest absolute Gasteiger partial charge is 0.115 e. The topological polar surface area (TPSA) is 36.7 Å². The Bertz CT molecular complexity index is 371. The van der Waals surface area contributed by atoms with Gasteiger partial charge in [-0.15, -0.1) is 11.8 Å². The lowest BCUT2D eigenvalue weighted by Crippen LogP contribution is -2.08. The first-order valence-corrected chi connectivity index (χ1v) is 6.06. The van der Waals surface area contributed by atoms with Crippen molar-refractivity contribution in [3.63, 3.8) is 0 Å². The Kier molecular flexibility index (Phi) is 4.44. The monoisotopic (exact) mass is 240 g/mol. The number of nitriles is 1. The lowest BCUT2D eigenvalue weighted by atomic mass is 9.93. The number of rotatable bonds is 4. The van der Waals surface area contributed by atoms with Crippen LogP contribution in [-0.4, -0.2) is 10.7 Å². The zero-order valence-corrected chi connectivity index (χ0v) is 10.4. The van der Waals surface area contributed by atoms with Crippen molar-refractivity contribution in [2.75, 3.05) is 5.75 Å². The van der Waals surface area contributed by atoms with Gasteiger partial charge in [0.25, 0.3) is 0 Å². The maximum Gasteiger partial charge on any atom is 0.115 e. The first-order valence-electron chi connectivity index (χ1n) is 4.70. The molecule has 0 bridgehead atoms. The molecule has 0 aliphatic carbocycles. The summed E-state index contributed by atoms with van der Waals surface area (Å²) in [7, 11) is 0. The van der Waals surface area contributed by atoms with E-state index in [0.29, 0.717) is 5.02 Å². The minimum absolute atomic E-state index is 0.270. The molecule has 0 amide bonds. The average molecular weight is 241 g/mol. The third-order valence-electron chi connectivity index (χ3n) is 1.99. The lowest BCUT2D eigenvalue weighted by molar-refractivity contribution is 0.482. The lowest BCUT2D eigenvalue weighted by Gasteiger charge is -2.13. The normalized spacial score (nSPS) is 11.1. The van der Waals surface area contributed by atoms with E-state index in [0.717, 1.165) is 17.2 Å². The summed E-state index contributed by atoms with van der Waals surface area (Å²) in [6.45, 7) is 3.88. The fourth-order valence-electron chi connectivity index (χ4n) is 0.936. The number of pyridine rings is 1. The highest BCUT2D eigenvalue weighted by molar-refractivity contribution is 7.99. The first-order chi connectivity index (χ1) is 7.05. The van der Waals surface area contributed by atoms with Gasteiger partial charge >= 0.3 is 0 Å². The van der Waals surface area contributed by atoms with Gasteiger partial charge in [-0.05, 0) is 32.4 Å². The number of aromatic nitrogens is 1. The largest absolute Gasteiger partial charge is 0.248 e. The maximum absolute atomic E-state index is 8.84. The molecule has 1 aromatic rings. The Labute approximate surface area is 99.7 Å². The van der Waals surface area contributed by atoms with Crippen molar-refractivity contribution in [3.05, 3.63) is 23.4 Å². The summed E-state index contributed by atoms with van der Waals surface area (Å²) in [5.41, 5.74) is -0.270. The van der Waals surface area contributed by atoms with Crippen LogP contribution in [0, 0.1) is 16.7 Å². The van der Waals surface area contributed by atoms with Crippen LogP contribution in [0.3, 0.4) is 0 Å². The SMILES string of the molecule is CC(C)(C#N)CCSc1ncccc1Cl. The number of hydrogen-bond donors (Lipinski definition) is 0. The van der Waals surface area contributed by atoms with Crippen LogP contribution < -0.4 is 0 Å². The molecule has 2 nitrogen and oxygen atoms in total. The summed E-state index contributed by atoms with van der Waals surface area (Å²) >= 11 is 7.55. The van der Waals surface area contributed by atoms with E-state index in [1.165, 1.54) is 0 Å². The van der Waals surface area contributed by atoms with Crippen molar-refractivity contribution in [2.45, 2.75) is 25.3 Å². The Hall–Kier alpha value is -0.720. The van der Waals surface area contributed by atoms with Crippen LogP contribution in [0.25, 0.3) is 0 Å². The van der Waals surface area contributed by atoms with Gasteiger partial charge in [0.05, 0.1) is 16.5 Å². The second-order valence-electron chi connectivity index (χ2n) is 3.88. The molecule has 0 aliphatic rings. The Morgan fingerprint density at radius 1 is 1.60 bits per heavy atom. The van der Waals surface area contributed by atoms with Crippen molar-refractivity contribution in [1.82, 2.24) is 4.98 Å². The summed E-state index contributed by atoms with van der Waals surface area (Å²) in [5, 5.41) is 10.4. The van der Waals surface area contributed by atoms with Crippen LogP contribution in [-0.2, 0) is 0 Å². The van der Waals surface area contributed by atoms with Gasteiger partial charge < -0.3 is 0 Å². The molecular formula is C11H13ClN2S. The minimum atomic E-state index is -0.270. The molecule has 0 saturated heterocycles. The summed E-state index contributed by atoms with van der Waals surface area (Å²) in [4.78, 5) is 4.17. The highest BCUT2D eigenvalue weighted by Crippen LogP contribution is 2.28. The Morgan fingerprint density at radius 3 is 2.93 bits per heavy atom. The van der Waals surface area contributed by atoms with Gasteiger partial charge in [0.15, 0.2) is 0 Å². The molecule has 1 heterocycles. The zero-order valence-electron chi connectivity index (χ0n) is 8.83. The standard InChI is InChI=1S/C11H13ClN2S/c1-11(2,8-13)5-7-15-10-9(12)4-3-6-14-10/h3-4,6H,5,7H2,1-2H3. The number of thioether (sulfide) groups is 1. The minimum Gasteiger partial charge on any atom is -0.248 e. The molecule has 0 fully saturated rings. The van der Waals surface area contributed by atoms with E-state index in [4.69, 9.17) is 16.9 Å². The van der Waals surface area contributed by atoms with Crippen LogP contribution >= 0.6 is 23.4 Å². The highest BCUT2D eigenvalue weighted by Gasteiger charge is 2.16. The molecule has 0 spiro atoms. The predicted molar refractivity (Wildman–Crippen MR) is 64.0 cm³/mol. The summed E-state index contributed by atoms with van der Waals surface area (Å²) in [5.74, 6) is 0.858. The van der Waals surface area contributed by atoms with Gasteiger partial charge in [-0.2, -0.15) is 5.26 Å². The quantitative estimate of drug-likeness (QED) is 0.752. The molecule has 1 rings (SSSR count). The van der Waals surface area contributed by atoms with E-state index in [1.54, 1.807) is 18.0 Å². The van der Waals surface area contributed by atoms with E-state index < -0.39 is 0 Å². The zero-order chi connectivity index (χ0) is 11.3. The van der Waals surface area contributed by atoms with Gasteiger partial charge in [0, 0.05) is 11.9 Å².